The Hall–Kier alpha value is -1.18. The summed E-state index contributed by atoms with van der Waals surface area (Å²) in [6.45, 7) is 2.45. The van der Waals surface area contributed by atoms with Gasteiger partial charge in [0.05, 0.1) is 18.7 Å². The van der Waals surface area contributed by atoms with Crippen molar-refractivity contribution in [2.45, 2.75) is 6.42 Å². The highest BCUT2D eigenvalue weighted by atomic mass is 32.1. The van der Waals surface area contributed by atoms with Crippen molar-refractivity contribution in [3.05, 3.63) is 11.2 Å². The highest BCUT2D eigenvalue weighted by Crippen LogP contribution is 2.19. The Morgan fingerprint density at radius 1 is 1.53 bits per heavy atom. The average molecular weight is 260 g/mol. The van der Waals surface area contributed by atoms with Crippen LogP contribution in [0.3, 0.4) is 0 Å². The van der Waals surface area contributed by atoms with Crippen LogP contribution in [-0.2, 0) is 9.47 Å². The van der Waals surface area contributed by atoms with Crippen LogP contribution in [0.5, 0.6) is 0 Å². The Labute approximate surface area is 104 Å². The third-order valence-corrected chi connectivity index (χ3v) is 2.74. The van der Waals surface area contributed by atoms with Gasteiger partial charge in [-0.15, -0.1) is 11.3 Å². The van der Waals surface area contributed by atoms with Gasteiger partial charge in [-0.2, -0.15) is 0 Å². The molecule has 2 N–H and O–H groups in total. The van der Waals surface area contributed by atoms with Crippen LogP contribution >= 0.6 is 11.3 Å². The highest BCUT2D eigenvalue weighted by molar-refractivity contribution is 7.14. The van der Waals surface area contributed by atoms with Crippen molar-refractivity contribution >= 4 is 22.3 Å². The minimum absolute atomic E-state index is 0.0790. The Balaban J connectivity index is 2.14. The normalized spacial score (nSPS) is 10.4. The Morgan fingerprint density at radius 2 is 2.35 bits per heavy atom. The predicted octanol–water partition coefficient (Wildman–Crippen LogP) is 1.31. The molecule has 0 saturated carbocycles. The Bertz CT molecular complexity index is 343. The molecular weight excluding hydrogens is 244 g/mol. The SMILES string of the molecule is COCCOCCCNc1scnc1C(=O)O. The van der Waals surface area contributed by atoms with Gasteiger partial charge in [0.15, 0.2) is 5.69 Å². The number of rotatable bonds is 9. The second kappa shape index (κ2) is 7.99. The van der Waals surface area contributed by atoms with Crippen LogP contribution in [0.2, 0.25) is 0 Å². The molecule has 0 aliphatic carbocycles. The summed E-state index contributed by atoms with van der Waals surface area (Å²) in [7, 11) is 1.63. The lowest BCUT2D eigenvalue weighted by atomic mass is 10.4. The smallest absolute Gasteiger partial charge is 0.357 e. The lowest BCUT2D eigenvalue weighted by Gasteiger charge is -2.05. The quantitative estimate of drug-likeness (QED) is 0.651. The molecule has 1 aromatic rings. The van der Waals surface area contributed by atoms with Gasteiger partial charge < -0.3 is 19.9 Å². The van der Waals surface area contributed by atoms with Gasteiger partial charge in [0.1, 0.15) is 5.00 Å². The van der Waals surface area contributed by atoms with E-state index in [1.165, 1.54) is 16.8 Å². The number of hydrogen-bond donors (Lipinski definition) is 2. The zero-order chi connectivity index (χ0) is 12.5. The molecule has 0 bridgehead atoms. The van der Waals surface area contributed by atoms with E-state index in [2.05, 4.69) is 10.3 Å². The van der Waals surface area contributed by atoms with Gasteiger partial charge >= 0.3 is 5.97 Å². The summed E-state index contributed by atoms with van der Waals surface area (Å²) in [5.41, 5.74) is 1.59. The second-order valence-corrected chi connectivity index (χ2v) is 4.08. The van der Waals surface area contributed by atoms with Gasteiger partial charge in [-0.25, -0.2) is 9.78 Å². The maximum absolute atomic E-state index is 10.8. The third kappa shape index (κ3) is 5.12. The number of thiazole rings is 1. The van der Waals surface area contributed by atoms with Crippen molar-refractivity contribution in [2.75, 3.05) is 38.8 Å². The standard InChI is InChI=1S/C10H16N2O4S/c1-15-5-6-16-4-2-3-11-9-8(10(13)14)12-7-17-9/h7,11H,2-6H2,1H3,(H,13,14). The monoisotopic (exact) mass is 260 g/mol. The number of carbonyl (C=O) groups is 1. The van der Waals surface area contributed by atoms with Gasteiger partial charge in [0.25, 0.3) is 0 Å². The lowest BCUT2D eigenvalue weighted by molar-refractivity contribution is 0.0692. The summed E-state index contributed by atoms with van der Waals surface area (Å²) in [6, 6.07) is 0. The van der Waals surface area contributed by atoms with Crippen molar-refractivity contribution in [3.8, 4) is 0 Å². The second-order valence-electron chi connectivity index (χ2n) is 3.22. The van der Waals surface area contributed by atoms with Crippen LogP contribution in [0, 0.1) is 0 Å². The molecule has 0 aliphatic rings. The predicted molar refractivity (Wildman–Crippen MR) is 64.9 cm³/mol. The van der Waals surface area contributed by atoms with E-state index < -0.39 is 5.97 Å². The summed E-state index contributed by atoms with van der Waals surface area (Å²) in [5, 5.41) is 12.4. The molecule has 0 aromatic carbocycles. The number of ether oxygens (including phenoxy) is 2. The van der Waals surface area contributed by atoms with Crippen molar-refractivity contribution < 1.29 is 19.4 Å². The van der Waals surface area contributed by atoms with Crippen molar-refractivity contribution in [1.29, 1.82) is 0 Å². The summed E-state index contributed by atoms with van der Waals surface area (Å²) < 4.78 is 10.1. The first-order chi connectivity index (χ1) is 8.25. The molecule has 1 rings (SSSR count). The molecule has 0 fully saturated rings. The number of nitrogens with zero attached hydrogens (tertiary/aromatic N) is 1. The van der Waals surface area contributed by atoms with E-state index in [4.69, 9.17) is 14.6 Å². The van der Waals surface area contributed by atoms with Crippen molar-refractivity contribution in [2.24, 2.45) is 0 Å². The van der Waals surface area contributed by atoms with Gasteiger partial charge in [0, 0.05) is 20.3 Å². The van der Waals surface area contributed by atoms with E-state index in [0.29, 0.717) is 31.4 Å². The molecule has 96 valence electrons. The first-order valence-electron chi connectivity index (χ1n) is 5.23. The average Bonchev–Trinajstić information content (AvgIpc) is 2.76. The molecule has 6 nitrogen and oxygen atoms in total. The molecule has 0 saturated heterocycles. The number of methoxy groups -OCH3 is 1. The lowest BCUT2D eigenvalue weighted by Crippen LogP contribution is -2.09. The summed E-state index contributed by atoms with van der Waals surface area (Å²) in [5.74, 6) is -1.01. The molecular formula is C10H16N2O4S. The van der Waals surface area contributed by atoms with Crippen LogP contribution in [0.1, 0.15) is 16.9 Å². The van der Waals surface area contributed by atoms with Crippen molar-refractivity contribution in [1.82, 2.24) is 4.98 Å². The van der Waals surface area contributed by atoms with E-state index in [9.17, 15) is 4.79 Å². The largest absolute Gasteiger partial charge is 0.476 e. The fourth-order valence-corrected chi connectivity index (χ4v) is 1.84. The zero-order valence-electron chi connectivity index (χ0n) is 9.64. The third-order valence-electron chi connectivity index (χ3n) is 1.95. The van der Waals surface area contributed by atoms with Gasteiger partial charge in [-0.3, -0.25) is 0 Å². The molecule has 1 heterocycles. The van der Waals surface area contributed by atoms with E-state index in [0.717, 1.165) is 6.42 Å². The number of aromatic nitrogens is 1. The number of anilines is 1. The van der Waals surface area contributed by atoms with Crippen LogP contribution in [0.4, 0.5) is 5.00 Å². The maximum Gasteiger partial charge on any atom is 0.357 e. The Kier molecular flexibility index (Phi) is 6.53. The summed E-state index contributed by atoms with van der Waals surface area (Å²) in [6.07, 6.45) is 0.806. The molecule has 0 aliphatic heterocycles. The molecule has 7 heteroatoms. The fraction of sp³-hybridized carbons (Fsp3) is 0.600. The molecule has 0 amide bonds. The zero-order valence-corrected chi connectivity index (χ0v) is 10.5. The number of nitrogens with one attached hydrogen (secondary N) is 1. The minimum Gasteiger partial charge on any atom is -0.476 e. The van der Waals surface area contributed by atoms with E-state index >= 15 is 0 Å². The summed E-state index contributed by atoms with van der Waals surface area (Å²) in [4.78, 5) is 14.5. The van der Waals surface area contributed by atoms with Crippen molar-refractivity contribution in [3.63, 3.8) is 0 Å². The number of hydrogen-bond acceptors (Lipinski definition) is 6. The molecule has 0 spiro atoms. The fourth-order valence-electron chi connectivity index (χ4n) is 1.14. The molecule has 1 aromatic heterocycles. The summed E-state index contributed by atoms with van der Waals surface area (Å²) >= 11 is 1.29. The number of carboxylic acids is 1. The number of aromatic carboxylic acids is 1. The first kappa shape index (κ1) is 13.9. The van der Waals surface area contributed by atoms with Gasteiger partial charge in [-0.05, 0) is 6.42 Å². The first-order valence-corrected chi connectivity index (χ1v) is 6.11. The molecule has 0 unspecified atom stereocenters. The van der Waals surface area contributed by atoms with Gasteiger partial charge in [0.2, 0.25) is 0 Å². The van der Waals surface area contributed by atoms with Crippen LogP contribution in [0.15, 0.2) is 5.51 Å². The highest BCUT2D eigenvalue weighted by Gasteiger charge is 2.12. The molecule has 0 atom stereocenters. The van der Waals surface area contributed by atoms with E-state index in [-0.39, 0.29) is 5.69 Å². The minimum atomic E-state index is -1.01. The topological polar surface area (TPSA) is 80.7 Å². The molecule has 17 heavy (non-hydrogen) atoms. The number of carboxylic acid groups (broad SMARTS) is 1. The maximum atomic E-state index is 10.8. The van der Waals surface area contributed by atoms with Crippen LogP contribution < -0.4 is 5.32 Å². The Morgan fingerprint density at radius 3 is 3.06 bits per heavy atom. The van der Waals surface area contributed by atoms with Crippen LogP contribution in [0.25, 0.3) is 0 Å². The molecule has 0 radical (unpaired) electrons. The van der Waals surface area contributed by atoms with Gasteiger partial charge in [-0.1, -0.05) is 0 Å². The van der Waals surface area contributed by atoms with E-state index in [1.54, 1.807) is 7.11 Å². The van der Waals surface area contributed by atoms with Crippen LogP contribution in [-0.4, -0.2) is 49.5 Å². The van der Waals surface area contributed by atoms with E-state index in [1.807, 2.05) is 0 Å².